The molecular weight excluding hydrogens is 268 g/mol. The molecular formula is C21H40O. The summed E-state index contributed by atoms with van der Waals surface area (Å²) in [4.78, 5) is 0. The standard InChI is InChI=1S/C21H40O/c1-3-5-7-13-21(19-11-8-6-9-12-19)22-20-16-14-18(10-4-2)15-17-20/h18-21H,3-17H2,1-2H3. The Balaban J connectivity index is 1.78. The lowest BCUT2D eigenvalue weighted by molar-refractivity contribution is -0.0736. The molecule has 0 radical (unpaired) electrons. The minimum absolute atomic E-state index is 0.583. The predicted molar refractivity (Wildman–Crippen MR) is 96.2 cm³/mol. The number of unbranched alkanes of at least 4 members (excludes halogenated alkanes) is 2. The van der Waals surface area contributed by atoms with Crippen LogP contribution in [0, 0.1) is 11.8 Å². The average molecular weight is 309 g/mol. The van der Waals surface area contributed by atoms with Crippen molar-refractivity contribution in [2.75, 3.05) is 0 Å². The van der Waals surface area contributed by atoms with Crippen molar-refractivity contribution in [3.8, 4) is 0 Å². The van der Waals surface area contributed by atoms with E-state index in [1.54, 1.807) is 0 Å². The van der Waals surface area contributed by atoms with Crippen molar-refractivity contribution in [1.29, 1.82) is 0 Å². The van der Waals surface area contributed by atoms with Crippen LogP contribution in [0.25, 0.3) is 0 Å². The molecule has 2 fully saturated rings. The van der Waals surface area contributed by atoms with E-state index in [1.807, 2.05) is 0 Å². The van der Waals surface area contributed by atoms with Crippen molar-refractivity contribution in [3.63, 3.8) is 0 Å². The summed E-state index contributed by atoms with van der Waals surface area (Å²) < 4.78 is 6.70. The van der Waals surface area contributed by atoms with Gasteiger partial charge in [0.2, 0.25) is 0 Å². The quantitative estimate of drug-likeness (QED) is 0.421. The third-order valence-corrected chi connectivity index (χ3v) is 6.13. The van der Waals surface area contributed by atoms with E-state index in [9.17, 15) is 0 Å². The second-order valence-corrected chi connectivity index (χ2v) is 8.00. The Morgan fingerprint density at radius 2 is 1.55 bits per heavy atom. The van der Waals surface area contributed by atoms with Gasteiger partial charge in [-0.3, -0.25) is 0 Å². The molecule has 22 heavy (non-hydrogen) atoms. The molecule has 0 aromatic heterocycles. The highest BCUT2D eigenvalue weighted by atomic mass is 16.5. The molecule has 2 rings (SSSR count). The van der Waals surface area contributed by atoms with Crippen molar-refractivity contribution in [3.05, 3.63) is 0 Å². The molecule has 1 heteroatoms. The molecule has 2 aliphatic rings. The highest BCUT2D eigenvalue weighted by molar-refractivity contribution is 4.79. The number of rotatable bonds is 9. The molecule has 1 atom stereocenters. The van der Waals surface area contributed by atoms with E-state index in [2.05, 4.69) is 13.8 Å². The van der Waals surface area contributed by atoms with E-state index in [0.29, 0.717) is 12.2 Å². The normalized spacial score (nSPS) is 28.6. The molecule has 0 aromatic rings. The third kappa shape index (κ3) is 6.22. The summed E-state index contributed by atoms with van der Waals surface area (Å²) in [5, 5.41) is 0. The fourth-order valence-electron chi connectivity index (χ4n) is 4.73. The van der Waals surface area contributed by atoms with Gasteiger partial charge < -0.3 is 4.74 Å². The molecule has 1 nitrogen and oxygen atoms in total. The summed E-state index contributed by atoms with van der Waals surface area (Å²) in [7, 11) is 0. The monoisotopic (exact) mass is 308 g/mol. The van der Waals surface area contributed by atoms with Crippen LogP contribution in [0.4, 0.5) is 0 Å². The van der Waals surface area contributed by atoms with Gasteiger partial charge in [0.15, 0.2) is 0 Å². The maximum atomic E-state index is 6.70. The van der Waals surface area contributed by atoms with Crippen LogP contribution in [0.15, 0.2) is 0 Å². The first-order chi connectivity index (χ1) is 10.8. The van der Waals surface area contributed by atoms with Gasteiger partial charge in [-0.1, -0.05) is 65.2 Å². The molecule has 0 spiro atoms. The Hall–Kier alpha value is -0.0400. The number of hydrogen-bond acceptors (Lipinski definition) is 1. The summed E-state index contributed by atoms with van der Waals surface area (Å²) >= 11 is 0. The smallest absolute Gasteiger partial charge is 0.0607 e. The van der Waals surface area contributed by atoms with Gasteiger partial charge >= 0.3 is 0 Å². The lowest BCUT2D eigenvalue weighted by Crippen LogP contribution is -2.32. The fourth-order valence-corrected chi connectivity index (χ4v) is 4.73. The lowest BCUT2D eigenvalue weighted by Gasteiger charge is -2.36. The Morgan fingerprint density at radius 3 is 2.18 bits per heavy atom. The zero-order valence-electron chi connectivity index (χ0n) is 15.3. The maximum absolute atomic E-state index is 6.70. The first kappa shape index (κ1) is 18.3. The van der Waals surface area contributed by atoms with E-state index in [1.165, 1.54) is 96.3 Å². The Morgan fingerprint density at radius 1 is 0.818 bits per heavy atom. The first-order valence-electron chi connectivity index (χ1n) is 10.5. The van der Waals surface area contributed by atoms with Crippen LogP contribution >= 0.6 is 0 Å². The molecule has 0 heterocycles. The minimum Gasteiger partial charge on any atom is -0.375 e. The molecule has 1 unspecified atom stereocenters. The van der Waals surface area contributed by atoms with Gasteiger partial charge in [-0.05, 0) is 56.8 Å². The van der Waals surface area contributed by atoms with Crippen molar-refractivity contribution in [2.24, 2.45) is 11.8 Å². The van der Waals surface area contributed by atoms with Crippen LogP contribution in [0.3, 0.4) is 0 Å². The van der Waals surface area contributed by atoms with E-state index >= 15 is 0 Å². The molecule has 0 amide bonds. The SMILES string of the molecule is CCCCCC(OC1CCC(CCC)CC1)C1CCCCC1. The molecule has 0 bridgehead atoms. The third-order valence-electron chi connectivity index (χ3n) is 6.13. The predicted octanol–water partition coefficient (Wildman–Crippen LogP) is 6.89. The van der Waals surface area contributed by atoms with Gasteiger partial charge in [-0.15, -0.1) is 0 Å². The second kappa shape index (κ2) is 10.7. The van der Waals surface area contributed by atoms with Gasteiger partial charge in [0.1, 0.15) is 0 Å². The van der Waals surface area contributed by atoms with E-state index in [-0.39, 0.29) is 0 Å². The summed E-state index contributed by atoms with van der Waals surface area (Å²) in [5.74, 6) is 1.87. The number of ether oxygens (including phenoxy) is 1. The molecule has 0 aliphatic heterocycles. The van der Waals surface area contributed by atoms with E-state index in [0.717, 1.165) is 11.8 Å². The summed E-state index contributed by atoms with van der Waals surface area (Å²) in [6, 6.07) is 0. The average Bonchev–Trinajstić information content (AvgIpc) is 2.57. The van der Waals surface area contributed by atoms with E-state index < -0.39 is 0 Å². The van der Waals surface area contributed by atoms with Crippen molar-refractivity contribution >= 4 is 0 Å². The van der Waals surface area contributed by atoms with Crippen molar-refractivity contribution < 1.29 is 4.74 Å². The molecule has 2 aliphatic carbocycles. The lowest BCUT2D eigenvalue weighted by atomic mass is 9.82. The Bertz CT molecular complexity index is 261. The maximum Gasteiger partial charge on any atom is 0.0607 e. The van der Waals surface area contributed by atoms with E-state index in [4.69, 9.17) is 4.74 Å². The molecule has 0 saturated heterocycles. The van der Waals surface area contributed by atoms with Gasteiger partial charge in [0.25, 0.3) is 0 Å². The highest BCUT2D eigenvalue weighted by Crippen LogP contribution is 2.35. The topological polar surface area (TPSA) is 9.23 Å². The highest BCUT2D eigenvalue weighted by Gasteiger charge is 2.28. The van der Waals surface area contributed by atoms with Crippen LogP contribution in [0.2, 0.25) is 0 Å². The van der Waals surface area contributed by atoms with Crippen LogP contribution in [0.1, 0.15) is 110 Å². The zero-order valence-corrected chi connectivity index (χ0v) is 15.3. The zero-order chi connectivity index (χ0) is 15.6. The number of hydrogen-bond donors (Lipinski definition) is 0. The fraction of sp³-hybridized carbons (Fsp3) is 1.00. The van der Waals surface area contributed by atoms with Gasteiger partial charge in [0.05, 0.1) is 12.2 Å². The minimum atomic E-state index is 0.583. The Labute approximate surface area is 139 Å². The van der Waals surface area contributed by atoms with Crippen molar-refractivity contribution in [2.45, 2.75) is 122 Å². The van der Waals surface area contributed by atoms with Crippen LogP contribution in [0.5, 0.6) is 0 Å². The molecule has 0 N–H and O–H groups in total. The van der Waals surface area contributed by atoms with Gasteiger partial charge in [0, 0.05) is 0 Å². The van der Waals surface area contributed by atoms with Crippen LogP contribution in [-0.4, -0.2) is 12.2 Å². The second-order valence-electron chi connectivity index (χ2n) is 8.00. The van der Waals surface area contributed by atoms with Gasteiger partial charge in [-0.2, -0.15) is 0 Å². The molecule has 2 saturated carbocycles. The largest absolute Gasteiger partial charge is 0.375 e. The molecule has 0 aromatic carbocycles. The first-order valence-corrected chi connectivity index (χ1v) is 10.5. The Kier molecular flexibility index (Phi) is 8.89. The summed E-state index contributed by atoms with van der Waals surface area (Å²) in [6.45, 7) is 4.64. The molecule has 130 valence electrons. The van der Waals surface area contributed by atoms with Crippen LogP contribution in [-0.2, 0) is 4.74 Å². The van der Waals surface area contributed by atoms with Gasteiger partial charge in [-0.25, -0.2) is 0 Å². The summed E-state index contributed by atoms with van der Waals surface area (Å²) in [5.41, 5.74) is 0. The summed E-state index contributed by atoms with van der Waals surface area (Å²) in [6.07, 6.45) is 22.1. The van der Waals surface area contributed by atoms with Crippen LogP contribution < -0.4 is 0 Å². The van der Waals surface area contributed by atoms with Crippen molar-refractivity contribution in [1.82, 2.24) is 0 Å².